The topological polar surface area (TPSA) is 58.2 Å². The molecule has 1 saturated carbocycles. The Balaban J connectivity index is 1.70. The van der Waals surface area contributed by atoms with Crippen molar-refractivity contribution >= 4 is 11.8 Å². The molecule has 0 bridgehead atoms. The Morgan fingerprint density at radius 3 is 2.50 bits per heavy atom. The third kappa shape index (κ3) is 4.86. The van der Waals surface area contributed by atoms with Crippen LogP contribution in [-0.2, 0) is 0 Å². The van der Waals surface area contributed by atoms with E-state index in [0.717, 1.165) is 12.0 Å². The van der Waals surface area contributed by atoms with E-state index >= 15 is 0 Å². The molecule has 2 unspecified atom stereocenters. The number of rotatable bonds is 5. The third-order valence-electron chi connectivity index (χ3n) is 4.44. The van der Waals surface area contributed by atoms with Crippen LogP contribution in [0, 0.1) is 12.8 Å². The first-order valence-electron chi connectivity index (χ1n) is 8.20. The molecule has 1 fully saturated rings. The number of Topliss-reactive ketones (excluding diaryl/α,β-unsaturated/α-hetero) is 1. The Bertz CT molecular complexity index is 510. The monoisotopic (exact) mass is 302 g/mol. The first-order valence-corrected chi connectivity index (χ1v) is 8.20. The van der Waals surface area contributed by atoms with Crippen molar-refractivity contribution in [1.82, 2.24) is 10.6 Å². The van der Waals surface area contributed by atoms with Gasteiger partial charge in [0, 0.05) is 24.6 Å². The average Bonchev–Trinajstić information content (AvgIpc) is 2.50. The molecule has 2 rings (SSSR count). The number of ketones is 1. The van der Waals surface area contributed by atoms with E-state index in [9.17, 15) is 9.59 Å². The van der Waals surface area contributed by atoms with Crippen molar-refractivity contribution in [3.63, 3.8) is 0 Å². The fourth-order valence-corrected chi connectivity index (χ4v) is 2.92. The molecule has 4 heteroatoms. The van der Waals surface area contributed by atoms with Crippen molar-refractivity contribution in [1.29, 1.82) is 0 Å². The van der Waals surface area contributed by atoms with Crippen LogP contribution in [0.2, 0.25) is 0 Å². The second-order valence-electron chi connectivity index (χ2n) is 6.31. The highest BCUT2D eigenvalue weighted by Crippen LogP contribution is 2.23. The number of amides is 2. The van der Waals surface area contributed by atoms with Gasteiger partial charge in [-0.2, -0.15) is 0 Å². The van der Waals surface area contributed by atoms with Gasteiger partial charge in [-0.05, 0) is 25.7 Å². The normalized spacial score (nSPS) is 21.2. The molecular formula is C18H26N2O2. The molecule has 0 heterocycles. The number of hydrogen-bond acceptors (Lipinski definition) is 2. The summed E-state index contributed by atoms with van der Waals surface area (Å²) in [4.78, 5) is 23.9. The van der Waals surface area contributed by atoms with Crippen LogP contribution >= 0.6 is 0 Å². The van der Waals surface area contributed by atoms with Crippen molar-refractivity contribution in [2.24, 2.45) is 5.92 Å². The number of carbonyl (C=O) groups is 2. The van der Waals surface area contributed by atoms with E-state index in [2.05, 4.69) is 17.6 Å². The molecule has 0 aliphatic heterocycles. The van der Waals surface area contributed by atoms with Gasteiger partial charge in [0.05, 0.1) is 0 Å². The quantitative estimate of drug-likeness (QED) is 0.819. The van der Waals surface area contributed by atoms with E-state index in [1.165, 1.54) is 19.3 Å². The molecule has 1 aliphatic rings. The molecule has 2 atom stereocenters. The zero-order valence-electron chi connectivity index (χ0n) is 13.5. The van der Waals surface area contributed by atoms with E-state index in [4.69, 9.17) is 0 Å². The van der Waals surface area contributed by atoms with Gasteiger partial charge in [-0.1, -0.05) is 49.6 Å². The van der Waals surface area contributed by atoms with Gasteiger partial charge < -0.3 is 10.6 Å². The summed E-state index contributed by atoms with van der Waals surface area (Å²) in [6, 6.07) is 7.63. The number of urea groups is 1. The summed E-state index contributed by atoms with van der Waals surface area (Å²) in [7, 11) is 0. The lowest BCUT2D eigenvalue weighted by Crippen LogP contribution is -2.46. The van der Waals surface area contributed by atoms with Crippen LogP contribution in [0.25, 0.3) is 0 Å². The SMILES string of the molecule is Cc1ccc(C(=O)CCNC(=O)NC2CCCCC2C)cc1. The molecule has 4 nitrogen and oxygen atoms in total. The molecular weight excluding hydrogens is 276 g/mol. The Morgan fingerprint density at radius 2 is 1.82 bits per heavy atom. The molecule has 2 amide bonds. The standard InChI is InChI=1S/C18H26N2O2/c1-13-7-9-15(10-8-13)17(21)11-12-19-18(22)20-16-6-4-3-5-14(16)2/h7-10,14,16H,3-6,11-12H2,1-2H3,(H2,19,20,22). The summed E-state index contributed by atoms with van der Waals surface area (Å²) >= 11 is 0. The summed E-state index contributed by atoms with van der Waals surface area (Å²) in [5.41, 5.74) is 1.84. The first kappa shape index (κ1) is 16.5. The molecule has 0 saturated heterocycles. The zero-order chi connectivity index (χ0) is 15.9. The molecule has 1 aromatic rings. The van der Waals surface area contributed by atoms with Gasteiger partial charge in [-0.25, -0.2) is 4.79 Å². The fraction of sp³-hybridized carbons (Fsp3) is 0.556. The lowest BCUT2D eigenvalue weighted by Gasteiger charge is -2.29. The molecule has 0 radical (unpaired) electrons. The Labute approximate surface area is 132 Å². The van der Waals surface area contributed by atoms with Crippen LogP contribution in [0.4, 0.5) is 4.79 Å². The summed E-state index contributed by atoms with van der Waals surface area (Å²) in [6.07, 6.45) is 5.00. The largest absolute Gasteiger partial charge is 0.338 e. The molecule has 2 N–H and O–H groups in total. The number of aryl methyl sites for hydroxylation is 1. The van der Waals surface area contributed by atoms with Gasteiger partial charge in [0.2, 0.25) is 0 Å². The molecule has 1 aliphatic carbocycles. The second-order valence-corrected chi connectivity index (χ2v) is 6.31. The first-order chi connectivity index (χ1) is 10.6. The highest BCUT2D eigenvalue weighted by atomic mass is 16.2. The lowest BCUT2D eigenvalue weighted by atomic mass is 9.86. The van der Waals surface area contributed by atoms with Crippen LogP contribution in [0.5, 0.6) is 0 Å². The van der Waals surface area contributed by atoms with Crippen molar-refractivity contribution in [3.8, 4) is 0 Å². The minimum absolute atomic E-state index is 0.0614. The molecule has 120 valence electrons. The van der Waals surface area contributed by atoms with Crippen molar-refractivity contribution in [3.05, 3.63) is 35.4 Å². The maximum Gasteiger partial charge on any atom is 0.315 e. The van der Waals surface area contributed by atoms with Gasteiger partial charge in [-0.15, -0.1) is 0 Å². The summed E-state index contributed by atoms with van der Waals surface area (Å²) < 4.78 is 0. The van der Waals surface area contributed by atoms with Crippen LogP contribution in [0.1, 0.15) is 54.9 Å². The van der Waals surface area contributed by atoms with Gasteiger partial charge in [0.25, 0.3) is 0 Å². The van der Waals surface area contributed by atoms with Gasteiger partial charge in [0.15, 0.2) is 5.78 Å². The van der Waals surface area contributed by atoms with E-state index < -0.39 is 0 Å². The van der Waals surface area contributed by atoms with Crippen molar-refractivity contribution in [2.75, 3.05) is 6.54 Å². The van der Waals surface area contributed by atoms with E-state index in [0.29, 0.717) is 24.4 Å². The van der Waals surface area contributed by atoms with Crippen LogP contribution in [0.15, 0.2) is 24.3 Å². The van der Waals surface area contributed by atoms with Crippen LogP contribution in [0.3, 0.4) is 0 Å². The number of carbonyl (C=O) groups excluding carboxylic acids is 2. The predicted octanol–water partition coefficient (Wildman–Crippen LogP) is 3.45. The van der Waals surface area contributed by atoms with Crippen molar-refractivity contribution in [2.45, 2.75) is 52.0 Å². The van der Waals surface area contributed by atoms with Gasteiger partial charge in [-0.3, -0.25) is 4.79 Å². The van der Waals surface area contributed by atoms with Crippen molar-refractivity contribution < 1.29 is 9.59 Å². The fourth-order valence-electron chi connectivity index (χ4n) is 2.92. The third-order valence-corrected chi connectivity index (χ3v) is 4.44. The highest BCUT2D eigenvalue weighted by molar-refractivity contribution is 5.96. The van der Waals surface area contributed by atoms with Gasteiger partial charge >= 0.3 is 6.03 Å². The Hall–Kier alpha value is -1.84. The second kappa shape index (κ2) is 7.97. The minimum atomic E-state index is -0.157. The number of hydrogen-bond donors (Lipinski definition) is 2. The highest BCUT2D eigenvalue weighted by Gasteiger charge is 2.22. The molecule has 0 spiro atoms. The predicted molar refractivity (Wildman–Crippen MR) is 88.1 cm³/mol. The van der Waals surface area contributed by atoms with Gasteiger partial charge in [0.1, 0.15) is 0 Å². The number of nitrogens with one attached hydrogen (secondary N) is 2. The molecule has 1 aromatic carbocycles. The maximum atomic E-state index is 12.0. The average molecular weight is 302 g/mol. The minimum Gasteiger partial charge on any atom is -0.338 e. The lowest BCUT2D eigenvalue weighted by molar-refractivity contribution is 0.0983. The Morgan fingerprint density at radius 1 is 1.14 bits per heavy atom. The van der Waals surface area contributed by atoms with Crippen LogP contribution in [-0.4, -0.2) is 24.4 Å². The summed E-state index contributed by atoms with van der Waals surface area (Å²) in [6.45, 7) is 4.55. The Kier molecular flexibility index (Phi) is 5.99. The number of benzene rings is 1. The molecule has 22 heavy (non-hydrogen) atoms. The van der Waals surface area contributed by atoms with E-state index in [1.54, 1.807) is 0 Å². The summed E-state index contributed by atoms with van der Waals surface area (Å²) in [5.74, 6) is 0.597. The van der Waals surface area contributed by atoms with E-state index in [-0.39, 0.29) is 17.9 Å². The maximum absolute atomic E-state index is 12.0. The summed E-state index contributed by atoms with van der Waals surface area (Å²) in [5, 5.41) is 5.82. The van der Waals surface area contributed by atoms with Crippen LogP contribution < -0.4 is 10.6 Å². The molecule has 0 aromatic heterocycles. The smallest absolute Gasteiger partial charge is 0.315 e. The zero-order valence-corrected chi connectivity index (χ0v) is 13.5. The van der Waals surface area contributed by atoms with E-state index in [1.807, 2.05) is 31.2 Å².